The molecule has 0 aliphatic carbocycles. The number of unbranched alkanes of at least 4 members (excludes halogenated alkanes) is 39. The van der Waals surface area contributed by atoms with Crippen molar-refractivity contribution in [1.29, 1.82) is 0 Å². The first-order valence-electron chi connectivity index (χ1n) is 34.4. The van der Waals surface area contributed by atoms with E-state index < -0.39 is 24.3 Å². The zero-order valence-electron chi connectivity index (χ0n) is 53.9. The van der Waals surface area contributed by atoms with Crippen LogP contribution in [0.25, 0.3) is 0 Å². The second-order valence-corrected chi connectivity index (χ2v) is 24.4. The third kappa shape index (κ3) is 64.4. The van der Waals surface area contributed by atoms with Crippen LogP contribution in [0.3, 0.4) is 0 Å². The number of hydrogen-bond donors (Lipinski definition) is 0. The van der Waals surface area contributed by atoms with Crippen LogP contribution in [-0.4, -0.2) is 82.3 Å². The minimum Gasteiger partial charge on any atom is -0.545 e. The number of carbonyl (C=O) groups is 3. The first-order chi connectivity index (χ1) is 39.6. The Hall–Kier alpha value is -3.01. The van der Waals surface area contributed by atoms with Gasteiger partial charge in [-0.2, -0.15) is 0 Å². The van der Waals surface area contributed by atoms with Gasteiger partial charge in [0.2, 0.25) is 0 Å². The van der Waals surface area contributed by atoms with Gasteiger partial charge in [0, 0.05) is 12.8 Å². The molecule has 2 atom stereocenters. The van der Waals surface area contributed by atoms with E-state index in [1.165, 1.54) is 218 Å². The van der Waals surface area contributed by atoms with Crippen molar-refractivity contribution < 1.29 is 42.9 Å². The van der Waals surface area contributed by atoms with Crippen molar-refractivity contribution in [3.05, 3.63) is 60.8 Å². The summed E-state index contributed by atoms with van der Waals surface area (Å²) in [5.41, 5.74) is 0. The Labute approximate surface area is 501 Å². The number of carboxylic acids is 1. The Kier molecular flexibility index (Phi) is 60.7. The van der Waals surface area contributed by atoms with Crippen LogP contribution >= 0.6 is 0 Å². The van der Waals surface area contributed by atoms with Gasteiger partial charge in [0.1, 0.15) is 13.2 Å². The minimum atomic E-state index is -1.63. The molecule has 0 bridgehead atoms. The number of rotatable bonds is 64. The Bertz CT molecular complexity index is 1510. The number of esters is 2. The van der Waals surface area contributed by atoms with Crippen LogP contribution in [0.1, 0.15) is 322 Å². The van der Waals surface area contributed by atoms with Gasteiger partial charge in [-0.15, -0.1) is 0 Å². The Balaban J connectivity index is 3.95. The molecule has 9 nitrogen and oxygen atoms in total. The number of allylic oxidation sites excluding steroid dienone is 10. The van der Waals surface area contributed by atoms with Crippen LogP contribution < -0.4 is 5.11 Å². The summed E-state index contributed by atoms with van der Waals surface area (Å²) in [5.74, 6) is -2.30. The summed E-state index contributed by atoms with van der Waals surface area (Å²) in [5, 5.41) is 11.8. The molecule has 0 heterocycles. The molecule has 0 saturated carbocycles. The smallest absolute Gasteiger partial charge is 0.306 e. The van der Waals surface area contributed by atoms with E-state index in [9.17, 15) is 19.5 Å². The maximum Gasteiger partial charge on any atom is 0.306 e. The van der Waals surface area contributed by atoms with Crippen LogP contribution in [0, 0.1) is 0 Å². The highest BCUT2D eigenvalue weighted by Gasteiger charge is 2.22. The molecule has 0 spiro atoms. The summed E-state index contributed by atoms with van der Waals surface area (Å²) in [6, 6.07) is 0. The quantitative estimate of drug-likeness (QED) is 0.0195. The summed E-state index contributed by atoms with van der Waals surface area (Å²) in [7, 11) is 5.92. The molecule has 2 unspecified atom stereocenters. The van der Waals surface area contributed by atoms with E-state index in [-0.39, 0.29) is 38.6 Å². The lowest BCUT2D eigenvalue weighted by Crippen LogP contribution is -2.44. The molecular formula is C72H131NO8. The molecule has 0 aromatic carbocycles. The van der Waals surface area contributed by atoms with Crippen LogP contribution in [-0.2, 0) is 33.3 Å². The number of carbonyl (C=O) groups excluding carboxylic acids is 3. The number of quaternary nitrogens is 1. The van der Waals surface area contributed by atoms with Crippen LogP contribution in [0.2, 0.25) is 0 Å². The fraction of sp³-hybridized carbons (Fsp3) is 0.819. The van der Waals surface area contributed by atoms with Crippen LogP contribution in [0.4, 0.5) is 0 Å². The zero-order chi connectivity index (χ0) is 59.1. The summed E-state index contributed by atoms with van der Waals surface area (Å²) < 4.78 is 22.7. The van der Waals surface area contributed by atoms with E-state index in [1.807, 2.05) is 21.1 Å². The third-order valence-electron chi connectivity index (χ3n) is 15.2. The van der Waals surface area contributed by atoms with Gasteiger partial charge in [-0.3, -0.25) is 9.59 Å². The molecule has 0 aromatic rings. The van der Waals surface area contributed by atoms with Crippen LogP contribution in [0.15, 0.2) is 60.8 Å². The fourth-order valence-corrected chi connectivity index (χ4v) is 10.00. The van der Waals surface area contributed by atoms with Gasteiger partial charge < -0.3 is 33.3 Å². The normalized spacial score (nSPS) is 13.0. The highest BCUT2D eigenvalue weighted by molar-refractivity contribution is 5.70. The predicted octanol–water partition coefficient (Wildman–Crippen LogP) is 19.8. The molecular weight excluding hydrogens is 1010 g/mol. The maximum absolute atomic E-state index is 12.9. The van der Waals surface area contributed by atoms with E-state index in [1.54, 1.807) is 0 Å². The van der Waals surface area contributed by atoms with Gasteiger partial charge in [0.05, 0.1) is 40.3 Å². The monoisotopic (exact) mass is 1140 g/mol. The summed E-state index contributed by atoms with van der Waals surface area (Å²) in [6.45, 7) is 4.64. The average molecular weight is 1140 g/mol. The van der Waals surface area contributed by atoms with Crippen molar-refractivity contribution in [2.45, 2.75) is 334 Å². The fourth-order valence-electron chi connectivity index (χ4n) is 10.00. The van der Waals surface area contributed by atoms with E-state index in [0.29, 0.717) is 17.4 Å². The van der Waals surface area contributed by atoms with E-state index >= 15 is 0 Å². The van der Waals surface area contributed by atoms with E-state index in [4.69, 9.17) is 18.9 Å². The molecule has 81 heavy (non-hydrogen) atoms. The number of likely N-dealkylation sites (N-methyl/N-ethyl adjacent to an activating group) is 1. The molecule has 472 valence electrons. The first-order valence-corrected chi connectivity index (χ1v) is 34.4. The Morgan fingerprint density at radius 2 is 0.704 bits per heavy atom. The number of carboxylic acid groups (broad SMARTS) is 1. The largest absolute Gasteiger partial charge is 0.545 e. The van der Waals surface area contributed by atoms with Crippen molar-refractivity contribution in [2.24, 2.45) is 0 Å². The first kappa shape index (κ1) is 78.0. The van der Waals surface area contributed by atoms with Crippen molar-refractivity contribution in [3.8, 4) is 0 Å². The van der Waals surface area contributed by atoms with Crippen molar-refractivity contribution in [1.82, 2.24) is 0 Å². The molecule has 0 rings (SSSR count). The van der Waals surface area contributed by atoms with Gasteiger partial charge in [-0.05, 0) is 77.0 Å². The summed E-state index contributed by atoms with van der Waals surface area (Å²) in [4.78, 5) is 37.3. The Morgan fingerprint density at radius 3 is 1.06 bits per heavy atom. The summed E-state index contributed by atoms with van der Waals surface area (Å²) >= 11 is 0. The topological polar surface area (TPSA) is 111 Å². The third-order valence-corrected chi connectivity index (χ3v) is 15.2. The molecule has 0 aliphatic rings. The van der Waals surface area contributed by atoms with Gasteiger partial charge in [-0.1, -0.05) is 293 Å². The zero-order valence-corrected chi connectivity index (χ0v) is 53.9. The Morgan fingerprint density at radius 1 is 0.383 bits per heavy atom. The lowest BCUT2D eigenvalue weighted by Gasteiger charge is -2.26. The van der Waals surface area contributed by atoms with Crippen molar-refractivity contribution >= 4 is 17.9 Å². The standard InChI is InChI=1S/C72H131NO8/c1-6-8-10-12-14-16-18-20-22-24-25-26-27-28-29-30-31-32-33-34-35-36-37-38-39-40-41-42-43-44-45-47-48-50-52-54-56-58-60-62-69(74)79-66-68(67-80-72(71(76)77)78-65-64-73(3,4)5)81-70(75)63-61-59-57-55-53-51-49-46-23-21-19-17-15-13-11-9-7-2/h9,11,15,17,21,23-25,49,51,68,72H,6-8,10,12-14,16,18-20,22,26-48,50,52-67H2,1-5H3/b11-9-,17-15-,23-21-,25-24-,51-49-. The van der Waals surface area contributed by atoms with Gasteiger partial charge in [-0.25, -0.2) is 0 Å². The predicted molar refractivity (Wildman–Crippen MR) is 343 cm³/mol. The number of nitrogens with zero attached hydrogens (tertiary/aromatic N) is 1. The molecule has 0 amide bonds. The molecule has 0 radical (unpaired) electrons. The molecule has 0 fully saturated rings. The highest BCUT2D eigenvalue weighted by Crippen LogP contribution is 2.18. The molecule has 0 aromatic heterocycles. The minimum absolute atomic E-state index is 0.142. The van der Waals surface area contributed by atoms with Crippen molar-refractivity contribution in [2.75, 3.05) is 47.5 Å². The van der Waals surface area contributed by atoms with E-state index in [2.05, 4.69) is 74.6 Å². The molecule has 9 heteroatoms. The molecule has 0 N–H and O–H groups in total. The van der Waals surface area contributed by atoms with Crippen LogP contribution in [0.5, 0.6) is 0 Å². The number of hydrogen-bond acceptors (Lipinski definition) is 8. The number of aliphatic carboxylic acids is 1. The average Bonchev–Trinajstić information content (AvgIpc) is 3.44. The second kappa shape index (κ2) is 63.0. The molecule has 0 saturated heterocycles. The molecule has 0 aliphatic heterocycles. The number of ether oxygens (including phenoxy) is 4. The van der Waals surface area contributed by atoms with Crippen molar-refractivity contribution in [3.63, 3.8) is 0 Å². The van der Waals surface area contributed by atoms with Gasteiger partial charge in [0.15, 0.2) is 12.4 Å². The SMILES string of the molecule is CC/C=C\C/C=C\C/C=C\C/C=C\CCCCCCC(=O)OC(COC(=O)CCCCCCCCCCCCCCCCCCCCCCCCCCCCC/C=C\CCCCCCCCCC)COC(OCC[N+](C)(C)C)C(=O)[O-]. The van der Waals surface area contributed by atoms with Gasteiger partial charge in [0.25, 0.3) is 0 Å². The lowest BCUT2D eigenvalue weighted by molar-refractivity contribution is -0.870. The second-order valence-electron chi connectivity index (χ2n) is 24.4. The lowest BCUT2D eigenvalue weighted by atomic mass is 10.0. The summed E-state index contributed by atoms with van der Waals surface area (Å²) in [6.07, 6.45) is 79.1. The van der Waals surface area contributed by atoms with Gasteiger partial charge >= 0.3 is 11.9 Å². The highest BCUT2D eigenvalue weighted by atomic mass is 16.7. The van der Waals surface area contributed by atoms with E-state index in [0.717, 1.165) is 70.6 Å². The maximum atomic E-state index is 12.9.